The van der Waals surface area contributed by atoms with Crippen LogP contribution in [0.5, 0.6) is 5.75 Å². The Bertz CT molecular complexity index is 613. The molecule has 0 aliphatic heterocycles. The van der Waals surface area contributed by atoms with Crippen LogP contribution < -0.4 is 15.4 Å². The van der Waals surface area contributed by atoms with E-state index in [2.05, 4.69) is 10.6 Å². The Morgan fingerprint density at radius 3 is 2.28 bits per heavy atom. The van der Waals surface area contributed by atoms with E-state index in [-0.39, 0.29) is 18.6 Å². The van der Waals surface area contributed by atoms with E-state index < -0.39 is 24.0 Å². The van der Waals surface area contributed by atoms with Gasteiger partial charge in [0.1, 0.15) is 5.75 Å². The highest BCUT2D eigenvalue weighted by Crippen LogP contribution is 2.25. The number of urea groups is 1. The molecular weight excluding hydrogens is 324 g/mol. The molecule has 0 bridgehead atoms. The molecule has 7 nitrogen and oxygen atoms in total. The molecule has 0 heterocycles. The fourth-order valence-corrected chi connectivity index (χ4v) is 2.02. The van der Waals surface area contributed by atoms with Crippen molar-refractivity contribution < 1.29 is 23.9 Å². The van der Waals surface area contributed by atoms with Gasteiger partial charge in [-0.15, -0.1) is 0 Å². The van der Waals surface area contributed by atoms with Crippen molar-refractivity contribution >= 4 is 17.9 Å². The number of carbonyl (C=O) groups is 3. The molecule has 0 saturated heterocycles. The predicted molar refractivity (Wildman–Crippen MR) is 93.4 cm³/mol. The third-order valence-electron chi connectivity index (χ3n) is 3.22. The number of hydrogen-bond acceptors (Lipinski definition) is 5. The molecule has 0 aliphatic rings. The minimum absolute atomic E-state index is 0.111. The van der Waals surface area contributed by atoms with Crippen LogP contribution in [-0.4, -0.2) is 36.7 Å². The summed E-state index contributed by atoms with van der Waals surface area (Å²) in [4.78, 5) is 35.1. The van der Waals surface area contributed by atoms with Gasteiger partial charge in [0.05, 0.1) is 0 Å². The lowest BCUT2D eigenvalue weighted by Gasteiger charge is -2.16. The van der Waals surface area contributed by atoms with Gasteiger partial charge in [-0.05, 0) is 38.3 Å². The molecule has 0 spiro atoms. The minimum atomic E-state index is -1.10. The van der Waals surface area contributed by atoms with Gasteiger partial charge >= 0.3 is 12.0 Å². The molecule has 1 aromatic carbocycles. The summed E-state index contributed by atoms with van der Waals surface area (Å²) in [7, 11) is 0. The summed E-state index contributed by atoms with van der Waals surface area (Å²) in [6.07, 6.45) is -1.10. The van der Waals surface area contributed by atoms with Crippen LogP contribution >= 0.6 is 0 Å². The Morgan fingerprint density at radius 1 is 1.04 bits per heavy atom. The van der Waals surface area contributed by atoms with Crippen molar-refractivity contribution in [2.45, 2.75) is 52.7 Å². The number of amides is 3. The average Bonchev–Trinajstić information content (AvgIpc) is 2.52. The summed E-state index contributed by atoms with van der Waals surface area (Å²) in [5.41, 5.74) is 0.978. The molecular formula is C18H26N2O5. The maximum atomic E-state index is 11.8. The molecule has 2 N–H and O–H groups in total. The lowest BCUT2D eigenvalue weighted by Crippen LogP contribution is -2.46. The Balaban J connectivity index is 2.49. The Kier molecular flexibility index (Phi) is 7.91. The van der Waals surface area contributed by atoms with E-state index >= 15 is 0 Å². The topological polar surface area (TPSA) is 93.7 Å². The first kappa shape index (κ1) is 20.5. The van der Waals surface area contributed by atoms with Crippen molar-refractivity contribution in [3.63, 3.8) is 0 Å². The third-order valence-corrected chi connectivity index (χ3v) is 3.22. The van der Waals surface area contributed by atoms with Crippen LogP contribution in [0.1, 0.15) is 46.1 Å². The average molecular weight is 350 g/mol. The van der Waals surface area contributed by atoms with Crippen molar-refractivity contribution in [3.8, 4) is 5.75 Å². The summed E-state index contributed by atoms with van der Waals surface area (Å²) < 4.78 is 10.5. The maximum Gasteiger partial charge on any atom is 0.344 e. The first-order valence-corrected chi connectivity index (χ1v) is 8.23. The van der Waals surface area contributed by atoms with E-state index in [1.165, 1.54) is 6.92 Å². The van der Waals surface area contributed by atoms with E-state index in [4.69, 9.17) is 9.47 Å². The second kappa shape index (κ2) is 9.66. The summed E-state index contributed by atoms with van der Waals surface area (Å²) >= 11 is 0. The van der Waals surface area contributed by atoms with Gasteiger partial charge in [-0.3, -0.25) is 10.1 Å². The van der Waals surface area contributed by atoms with E-state index in [0.29, 0.717) is 5.75 Å². The quantitative estimate of drug-likeness (QED) is 0.736. The van der Waals surface area contributed by atoms with Crippen molar-refractivity contribution in [1.82, 2.24) is 10.6 Å². The number of esters is 1. The Labute approximate surface area is 148 Å². The van der Waals surface area contributed by atoms with Gasteiger partial charge in [-0.25, -0.2) is 9.59 Å². The molecule has 0 radical (unpaired) electrons. The van der Waals surface area contributed by atoms with Crippen molar-refractivity contribution in [1.29, 1.82) is 0 Å². The molecule has 0 saturated carbocycles. The minimum Gasteiger partial charge on any atom is -0.482 e. The zero-order valence-electron chi connectivity index (χ0n) is 15.3. The summed E-state index contributed by atoms with van der Waals surface area (Å²) in [5.74, 6) is -0.543. The Hall–Kier alpha value is -2.57. The molecule has 1 atom stereocenters. The van der Waals surface area contributed by atoms with Crippen LogP contribution in [0, 0.1) is 0 Å². The number of carbonyl (C=O) groups excluding carboxylic acids is 3. The van der Waals surface area contributed by atoms with Crippen LogP contribution in [0.15, 0.2) is 24.3 Å². The summed E-state index contributed by atoms with van der Waals surface area (Å²) in [5, 5.41) is 4.62. The van der Waals surface area contributed by atoms with Gasteiger partial charge in [0.25, 0.3) is 5.91 Å². The fourth-order valence-electron chi connectivity index (χ4n) is 2.02. The predicted octanol–water partition coefficient (Wildman–Crippen LogP) is 2.35. The van der Waals surface area contributed by atoms with Crippen LogP contribution in [0.25, 0.3) is 0 Å². The highest BCUT2D eigenvalue weighted by Gasteiger charge is 2.20. The SMILES string of the molecule is CC(C)NC(=O)NC(=O)[C@@H](C)OC(=O)COc1ccccc1C(C)C. The third kappa shape index (κ3) is 7.24. The molecule has 138 valence electrons. The number of hydrogen-bond donors (Lipinski definition) is 2. The molecule has 0 unspecified atom stereocenters. The first-order valence-electron chi connectivity index (χ1n) is 8.23. The van der Waals surface area contributed by atoms with Gasteiger partial charge in [0, 0.05) is 6.04 Å². The summed E-state index contributed by atoms with van der Waals surface area (Å²) in [6.45, 7) is 8.64. The number of benzene rings is 1. The molecule has 7 heteroatoms. The van der Waals surface area contributed by atoms with Crippen LogP contribution in [0.2, 0.25) is 0 Å². The zero-order chi connectivity index (χ0) is 19.0. The summed E-state index contributed by atoms with van der Waals surface area (Å²) in [6, 6.07) is 6.67. The second-order valence-electron chi connectivity index (χ2n) is 6.23. The van der Waals surface area contributed by atoms with Crippen LogP contribution in [0.3, 0.4) is 0 Å². The van der Waals surface area contributed by atoms with Crippen molar-refractivity contribution in [2.24, 2.45) is 0 Å². The monoisotopic (exact) mass is 350 g/mol. The number of nitrogens with one attached hydrogen (secondary N) is 2. The fraction of sp³-hybridized carbons (Fsp3) is 0.500. The molecule has 0 aliphatic carbocycles. The number of para-hydroxylation sites is 1. The van der Waals surface area contributed by atoms with Crippen molar-refractivity contribution in [3.05, 3.63) is 29.8 Å². The lowest BCUT2D eigenvalue weighted by atomic mass is 10.0. The van der Waals surface area contributed by atoms with E-state index in [0.717, 1.165) is 5.56 Å². The number of ether oxygens (including phenoxy) is 2. The van der Waals surface area contributed by atoms with E-state index in [9.17, 15) is 14.4 Å². The van der Waals surface area contributed by atoms with Crippen LogP contribution in [0.4, 0.5) is 4.79 Å². The largest absolute Gasteiger partial charge is 0.482 e. The van der Waals surface area contributed by atoms with E-state index in [1.807, 2.05) is 32.0 Å². The zero-order valence-corrected chi connectivity index (χ0v) is 15.3. The molecule has 0 fully saturated rings. The standard InChI is InChI=1S/C18H26N2O5/c1-11(2)14-8-6-7-9-15(14)24-10-16(21)25-13(5)17(22)20-18(23)19-12(3)4/h6-9,11-13H,10H2,1-5H3,(H2,19,20,22,23)/t13-/m1/s1. The molecule has 25 heavy (non-hydrogen) atoms. The highest BCUT2D eigenvalue weighted by atomic mass is 16.6. The van der Waals surface area contributed by atoms with Crippen LogP contribution in [-0.2, 0) is 14.3 Å². The number of rotatable bonds is 7. The molecule has 1 aromatic rings. The first-order chi connectivity index (χ1) is 11.7. The van der Waals surface area contributed by atoms with Gasteiger partial charge < -0.3 is 14.8 Å². The normalized spacial score (nSPS) is 11.8. The second-order valence-corrected chi connectivity index (χ2v) is 6.23. The Morgan fingerprint density at radius 2 is 1.68 bits per heavy atom. The molecule has 0 aromatic heterocycles. The lowest BCUT2D eigenvalue weighted by molar-refractivity contribution is -0.156. The maximum absolute atomic E-state index is 11.8. The van der Waals surface area contributed by atoms with E-state index in [1.54, 1.807) is 19.9 Å². The molecule has 3 amide bonds. The molecule has 1 rings (SSSR count). The smallest absolute Gasteiger partial charge is 0.344 e. The van der Waals surface area contributed by atoms with Gasteiger partial charge in [0.2, 0.25) is 0 Å². The van der Waals surface area contributed by atoms with Crippen molar-refractivity contribution in [2.75, 3.05) is 6.61 Å². The van der Waals surface area contributed by atoms with Gasteiger partial charge in [0.15, 0.2) is 12.7 Å². The van der Waals surface area contributed by atoms with Gasteiger partial charge in [-0.2, -0.15) is 0 Å². The van der Waals surface area contributed by atoms with Gasteiger partial charge in [-0.1, -0.05) is 32.0 Å². The number of imide groups is 1. The highest BCUT2D eigenvalue weighted by molar-refractivity contribution is 5.97.